The first-order valence-corrected chi connectivity index (χ1v) is 8.91. The van der Waals surface area contributed by atoms with E-state index in [0.717, 1.165) is 37.8 Å². The van der Waals surface area contributed by atoms with Gasteiger partial charge in [-0.3, -0.25) is 9.58 Å². The van der Waals surface area contributed by atoms with Crippen LogP contribution in [0.1, 0.15) is 45.0 Å². The van der Waals surface area contributed by atoms with E-state index < -0.39 is 0 Å². The van der Waals surface area contributed by atoms with Crippen LogP contribution in [0.2, 0.25) is 0 Å². The number of halogens is 1. The van der Waals surface area contributed by atoms with Crippen molar-refractivity contribution in [3.63, 3.8) is 0 Å². The van der Waals surface area contributed by atoms with Crippen LogP contribution >= 0.6 is 15.9 Å². The van der Waals surface area contributed by atoms with E-state index in [2.05, 4.69) is 63.6 Å². The number of piperazine rings is 1. The van der Waals surface area contributed by atoms with E-state index >= 15 is 0 Å². The summed E-state index contributed by atoms with van der Waals surface area (Å²) < 4.78 is 3.34. The lowest BCUT2D eigenvalue weighted by Gasteiger charge is -2.45. The fraction of sp³-hybridized carbons (Fsp3) is 0.812. The number of aryl methyl sites for hydroxylation is 2. The van der Waals surface area contributed by atoms with Crippen molar-refractivity contribution >= 4 is 15.9 Å². The number of hydrogen-bond acceptors (Lipinski definition) is 3. The minimum Gasteiger partial charge on any atom is -0.309 e. The van der Waals surface area contributed by atoms with Gasteiger partial charge in [0.05, 0.1) is 15.9 Å². The van der Waals surface area contributed by atoms with E-state index in [-0.39, 0.29) is 5.54 Å². The van der Waals surface area contributed by atoms with Crippen LogP contribution in [0, 0.1) is 12.8 Å². The first-order chi connectivity index (χ1) is 9.91. The third-order valence-corrected chi connectivity index (χ3v) is 5.86. The van der Waals surface area contributed by atoms with Crippen molar-refractivity contribution in [2.45, 2.75) is 65.2 Å². The summed E-state index contributed by atoms with van der Waals surface area (Å²) in [4.78, 5) is 2.68. The Morgan fingerprint density at radius 1 is 1.38 bits per heavy atom. The van der Waals surface area contributed by atoms with E-state index in [9.17, 15) is 0 Å². The Bertz CT molecular complexity index is 519. The largest absolute Gasteiger partial charge is 0.309 e. The van der Waals surface area contributed by atoms with Crippen molar-refractivity contribution in [2.75, 3.05) is 13.1 Å². The van der Waals surface area contributed by atoms with Gasteiger partial charge >= 0.3 is 0 Å². The van der Waals surface area contributed by atoms with Gasteiger partial charge in [-0.05, 0) is 62.4 Å². The highest BCUT2D eigenvalue weighted by molar-refractivity contribution is 9.10. The van der Waals surface area contributed by atoms with Crippen LogP contribution in [0.15, 0.2) is 4.47 Å². The van der Waals surface area contributed by atoms with Crippen molar-refractivity contribution in [1.82, 2.24) is 20.0 Å². The van der Waals surface area contributed by atoms with E-state index in [1.54, 1.807) is 0 Å². The summed E-state index contributed by atoms with van der Waals surface area (Å²) in [5.41, 5.74) is 2.63. The molecule has 2 heterocycles. The average molecular weight is 355 g/mol. The normalized spacial score (nSPS) is 26.2. The summed E-state index contributed by atoms with van der Waals surface area (Å²) in [5, 5.41) is 8.36. The van der Waals surface area contributed by atoms with Gasteiger partial charge in [-0.2, -0.15) is 5.10 Å². The van der Waals surface area contributed by atoms with Crippen LogP contribution in [0.4, 0.5) is 0 Å². The molecule has 1 saturated heterocycles. The summed E-state index contributed by atoms with van der Waals surface area (Å²) in [6.07, 6.45) is 2.80. The van der Waals surface area contributed by atoms with Crippen LogP contribution in [-0.4, -0.2) is 39.4 Å². The Labute approximate surface area is 136 Å². The zero-order valence-electron chi connectivity index (χ0n) is 13.6. The topological polar surface area (TPSA) is 33.1 Å². The highest BCUT2D eigenvalue weighted by Crippen LogP contribution is 2.38. The fourth-order valence-corrected chi connectivity index (χ4v) is 3.93. The molecule has 1 aromatic heterocycles. The Morgan fingerprint density at radius 3 is 2.71 bits per heavy atom. The number of hydrogen-bond donors (Lipinski definition) is 1. The van der Waals surface area contributed by atoms with Crippen molar-refractivity contribution in [1.29, 1.82) is 0 Å². The highest BCUT2D eigenvalue weighted by Gasteiger charge is 2.41. The molecule has 1 aromatic rings. The SMILES string of the molecule is CCn1nc(C)c(Br)c1CN1CC(C)(C)NCC1C1CC1. The Balaban J connectivity index is 1.83. The molecule has 0 amide bonds. The molecule has 2 fully saturated rings. The standard InChI is InChI=1S/C16H27BrN4/c1-5-21-14(15(17)11(2)19-21)9-20-10-16(3,4)18-8-13(20)12-6-7-12/h12-13,18H,5-10H2,1-4H3. The maximum atomic E-state index is 4.64. The van der Waals surface area contributed by atoms with Crippen LogP contribution in [0.25, 0.3) is 0 Å². The lowest BCUT2D eigenvalue weighted by atomic mass is 9.96. The third-order valence-electron chi connectivity index (χ3n) is 4.83. The monoisotopic (exact) mass is 354 g/mol. The first kappa shape index (κ1) is 15.5. The number of aromatic nitrogens is 2. The van der Waals surface area contributed by atoms with Crippen molar-refractivity contribution in [2.24, 2.45) is 5.92 Å². The zero-order chi connectivity index (χ0) is 15.2. The van der Waals surface area contributed by atoms with Crippen LogP contribution in [0.5, 0.6) is 0 Å². The molecule has 3 rings (SSSR count). The Kier molecular flexibility index (Phi) is 4.19. The van der Waals surface area contributed by atoms with E-state index in [0.29, 0.717) is 6.04 Å². The average Bonchev–Trinajstić information content (AvgIpc) is 3.21. The van der Waals surface area contributed by atoms with E-state index in [1.165, 1.54) is 23.0 Å². The molecule has 1 aliphatic heterocycles. The molecule has 1 saturated carbocycles. The fourth-order valence-electron chi connectivity index (χ4n) is 3.52. The summed E-state index contributed by atoms with van der Waals surface area (Å²) >= 11 is 3.74. The second kappa shape index (κ2) is 5.67. The second-order valence-electron chi connectivity index (χ2n) is 7.24. The Morgan fingerprint density at radius 2 is 2.10 bits per heavy atom. The molecule has 5 heteroatoms. The number of rotatable bonds is 4. The number of nitrogens with one attached hydrogen (secondary N) is 1. The highest BCUT2D eigenvalue weighted by atomic mass is 79.9. The van der Waals surface area contributed by atoms with Gasteiger partial charge in [0.2, 0.25) is 0 Å². The summed E-state index contributed by atoms with van der Waals surface area (Å²) in [6, 6.07) is 0.686. The molecule has 0 bridgehead atoms. The van der Waals surface area contributed by atoms with Gasteiger partial charge in [-0.15, -0.1) is 0 Å². The minimum atomic E-state index is 0.198. The molecule has 4 nitrogen and oxygen atoms in total. The molecule has 21 heavy (non-hydrogen) atoms. The summed E-state index contributed by atoms with van der Waals surface area (Å²) in [5.74, 6) is 0.895. The second-order valence-corrected chi connectivity index (χ2v) is 8.03. The predicted octanol–water partition coefficient (Wildman–Crippen LogP) is 2.94. The van der Waals surface area contributed by atoms with Gasteiger partial charge in [-0.25, -0.2) is 0 Å². The quantitative estimate of drug-likeness (QED) is 0.902. The molecule has 118 valence electrons. The van der Waals surface area contributed by atoms with Gasteiger partial charge in [-0.1, -0.05) is 0 Å². The first-order valence-electron chi connectivity index (χ1n) is 8.12. The molecule has 2 aliphatic rings. The van der Waals surface area contributed by atoms with Crippen molar-refractivity contribution < 1.29 is 0 Å². The van der Waals surface area contributed by atoms with E-state index in [4.69, 9.17) is 0 Å². The smallest absolute Gasteiger partial charge is 0.0739 e. The van der Waals surface area contributed by atoms with Crippen molar-refractivity contribution in [3.8, 4) is 0 Å². The van der Waals surface area contributed by atoms with Gasteiger partial charge < -0.3 is 5.32 Å². The molecular formula is C16H27BrN4. The van der Waals surface area contributed by atoms with Crippen LogP contribution in [0.3, 0.4) is 0 Å². The zero-order valence-corrected chi connectivity index (χ0v) is 15.2. The van der Waals surface area contributed by atoms with Crippen molar-refractivity contribution in [3.05, 3.63) is 15.9 Å². The van der Waals surface area contributed by atoms with Crippen LogP contribution < -0.4 is 5.32 Å². The van der Waals surface area contributed by atoms with Gasteiger partial charge in [0, 0.05) is 37.8 Å². The number of nitrogens with zero attached hydrogens (tertiary/aromatic N) is 3. The van der Waals surface area contributed by atoms with Gasteiger partial charge in [0.1, 0.15) is 0 Å². The van der Waals surface area contributed by atoms with Gasteiger partial charge in [0.25, 0.3) is 0 Å². The summed E-state index contributed by atoms with van der Waals surface area (Å²) in [7, 11) is 0. The Hall–Kier alpha value is -0.390. The molecule has 0 aromatic carbocycles. The lowest BCUT2D eigenvalue weighted by molar-refractivity contribution is 0.0733. The predicted molar refractivity (Wildman–Crippen MR) is 89.3 cm³/mol. The molecule has 1 N–H and O–H groups in total. The minimum absolute atomic E-state index is 0.198. The molecule has 1 aliphatic carbocycles. The molecular weight excluding hydrogens is 328 g/mol. The van der Waals surface area contributed by atoms with Gasteiger partial charge in [0.15, 0.2) is 0 Å². The molecule has 1 unspecified atom stereocenters. The van der Waals surface area contributed by atoms with E-state index in [1.807, 2.05) is 0 Å². The third kappa shape index (κ3) is 3.20. The molecule has 1 atom stereocenters. The van der Waals surface area contributed by atoms with Crippen LogP contribution in [-0.2, 0) is 13.1 Å². The molecule has 0 spiro atoms. The lowest BCUT2D eigenvalue weighted by Crippen LogP contribution is -2.61. The molecule has 0 radical (unpaired) electrons. The maximum absolute atomic E-state index is 4.64. The summed E-state index contributed by atoms with van der Waals surface area (Å²) in [6.45, 7) is 13.0. The maximum Gasteiger partial charge on any atom is 0.0739 e.